The van der Waals surface area contributed by atoms with Crippen LogP contribution in [0.5, 0.6) is 0 Å². The van der Waals surface area contributed by atoms with Gasteiger partial charge in [0.25, 0.3) is 11.8 Å². The molecule has 1 heterocycles. The molecular weight excluding hydrogens is 352 g/mol. The zero-order chi connectivity index (χ0) is 20.7. The lowest BCUT2D eigenvalue weighted by Gasteiger charge is -2.22. The van der Waals surface area contributed by atoms with Crippen molar-refractivity contribution in [3.63, 3.8) is 0 Å². The first-order valence-electron chi connectivity index (χ1n) is 9.77. The number of nitrogens with zero attached hydrogens (tertiary/aromatic N) is 2. The first-order valence-corrected chi connectivity index (χ1v) is 9.77. The molecule has 28 heavy (non-hydrogen) atoms. The molecule has 0 unspecified atom stereocenters. The van der Waals surface area contributed by atoms with E-state index in [-0.39, 0.29) is 23.2 Å². The molecule has 2 N–H and O–H groups in total. The van der Waals surface area contributed by atoms with Crippen LogP contribution in [0.3, 0.4) is 0 Å². The number of benzene rings is 1. The summed E-state index contributed by atoms with van der Waals surface area (Å²) in [5, 5.41) is 5.71. The van der Waals surface area contributed by atoms with Crippen molar-refractivity contribution in [2.24, 2.45) is 5.92 Å². The summed E-state index contributed by atoms with van der Waals surface area (Å²) >= 11 is 0. The van der Waals surface area contributed by atoms with Gasteiger partial charge in [-0.15, -0.1) is 0 Å². The average Bonchev–Trinajstić information content (AvgIpc) is 2.69. The van der Waals surface area contributed by atoms with Crippen LogP contribution in [0.25, 0.3) is 0 Å². The van der Waals surface area contributed by atoms with Crippen LogP contribution >= 0.6 is 0 Å². The van der Waals surface area contributed by atoms with E-state index >= 15 is 0 Å². The van der Waals surface area contributed by atoms with E-state index in [1.165, 1.54) is 0 Å². The van der Waals surface area contributed by atoms with E-state index in [0.717, 1.165) is 30.0 Å². The number of hydrogen-bond donors (Lipinski definition) is 2. The Balaban J connectivity index is 2.13. The van der Waals surface area contributed by atoms with Crippen molar-refractivity contribution in [1.82, 2.24) is 10.3 Å². The van der Waals surface area contributed by atoms with Gasteiger partial charge in [-0.1, -0.05) is 19.9 Å². The predicted molar refractivity (Wildman–Crippen MR) is 114 cm³/mol. The van der Waals surface area contributed by atoms with Gasteiger partial charge in [-0.25, -0.2) is 4.98 Å². The maximum Gasteiger partial charge on any atom is 0.274 e. The first kappa shape index (κ1) is 21.4. The second-order valence-electron chi connectivity index (χ2n) is 7.14. The SMILES string of the molecule is CCN(CC)c1ccc(NC(=O)c2cccc(C(=O)NCC(C)C)n2)c(C)c1. The Labute approximate surface area is 167 Å². The second-order valence-corrected chi connectivity index (χ2v) is 7.14. The van der Waals surface area contributed by atoms with Crippen LogP contribution < -0.4 is 15.5 Å². The van der Waals surface area contributed by atoms with Crippen molar-refractivity contribution >= 4 is 23.2 Å². The van der Waals surface area contributed by atoms with E-state index in [2.05, 4.69) is 40.4 Å². The monoisotopic (exact) mass is 382 g/mol. The third-order valence-corrected chi connectivity index (χ3v) is 4.47. The predicted octanol–water partition coefficient (Wildman–Crippen LogP) is 3.87. The summed E-state index contributed by atoms with van der Waals surface area (Å²) in [5.41, 5.74) is 3.29. The smallest absolute Gasteiger partial charge is 0.274 e. The van der Waals surface area contributed by atoms with Gasteiger partial charge >= 0.3 is 0 Å². The van der Waals surface area contributed by atoms with Crippen LogP contribution in [0.15, 0.2) is 36.4 Å². The van der Waals surface area contributed by atoms with Crippen LogP contribution in [0.4, 0.5) is 11.4 Å². The quantitative estimate of drug-likeness (QED) is 0.727. The Hall–Kier alpha value is -2.89. The lowest BCUT2D eigenvalue weighted by atomic mass is 10.1. The van der Waals surface area contributed by atoms with Gasteiger partial charge in [-0.2, -0.15) is 0 Å². The minimum atomic E-state index is -0.336. The zero-order valence-corrected chi connectivity index (χ0v) is 17.4. The topological polar surface area (TPSA) is 74.3 Å². The summed E-state index contributed by atoms with van der Waals surface area (Å²) in [6, 6.07) is 10.8. The molecule has 0 spiro atoms. The largest absolute Gasteiger partial charge is 0.372 e. The Bertz CT molecular complexity index is 829. The fourth-order valence-electron chi connectivity index (χ4n) is 2.83. The van der Waals surface area contributed by atoms with Gasteiger partial charge in [0.15, 0.2) is 0 Å². The summed E-state index contributed by atoms with van der Waals surface area (Å²) < 4.78 is 0. The van der Waals surface area contributed by atoms with Crippen LogP contribution in [0, 0.1) is 12.8 Å². The molecule has 0 saturated heterocycles. The lowest BCUT2D eigenvalue weighted by Crippen LogP contribution is -2.28. The lowest BCUT2D eigenvalue weighted by molar-refractivity contribution is 0.0944. The summed E-state index contributed by atoms with van der Waals surface area (Å²) in [4.78, 5) is 31.3. The van der Waals surface area contributed by atoms with Crippen LogP contribution in [0.1, 0.15) is 54.2 Å². The number of anilines is 2. The fraction of sp³-hybridized carbons (Fsp3) is 0.409. The highest BCUT2D eigenvalue weighted by atomic mass is 16.2. The van der Waals surface area contributed by atoms with Gasteiger partial charge in [0.05, 0.1) is 0 Å². The Morgan fingerprint density at radius 3 is 2.25 bits per heavy atom. The highest BCUT2D eigenvalue weighted by Gasteiger charge is 2.14. The molecule has 0 aliphatic heterocycles. The van der Waals surface area contributed by atoms with Gasteiger partial charge in [0, 0.05) is 31.0 Å². The second kappa shape index (κ2) is 9.88. The third kappa shape index (κ3) is 5.55. The van der Waals surface area contributed by atoms with Gasteiger partial charge in [0.1, 0.15) is 11.4 Å². The van der Waals surface area contributed by atoms with E-state index in [4.69, 9.17) is 0 Å². The number of pyridine rings is 1. The summed E-state index contributed by atoms with van der Waals surface area (Å²) in [6.45, 7) is 12.7. The van der Waals surface area contributed by atoms with Crippen molar-refractivity contribution in [1.29, 1.82) is 0 Å². The Morgan fingerprint density at radius 2 is 1.68 bits per heavy atom. The summed E-state index contributed by atoms with van der Waals surface area (Å²) in [7, 11) is 0. The number of aromatic nitrogens is 1. The van der Waals surface area contributed by atoms with Crippen LogP contribution in [-0.4, -0.2) is 36.4 Å². The molecule has 2 aromatic rings. The summed E-state index contributed by atoms with van der Waals surface area (Å²) in [6.07, 6.45) is 0. The van der Waals surface area contributed by atoms with E-state index in [1.807, 2.05) is 32.9 Å². The molecule has 1 aromatic carbocycles. The van der Waals surface area contributed by atoms with Gasteiger partial charge in [-0.3, -0.25) is 9.59 Å². The molecule has 0 bridgehead atoms. The molecule has 0 atom stereocenters. The standard InChI is InChI=1S/C22H30N4O2/c1-6-26(7-2)17-11-12-18(16(5)13-17)25-22(28)20-10-8-9-19(24-20)21(27)23-14-15(3)4/h8-13,15H,6-7,14H2,1-5H3,(H,23,27)(H,25,28). The van der Waals surface area contributed by atoms with Gasteiger partial charge in [-0.05, 0) is 62.6 Å². The molecule has 1 aromatic heterocycles. The maximum absolute atomic E-state index is 12.6. The molecule has 0 radical (unpaired) electrons. The van der Waals surface area contributed by atoms with Crippen molar-refractivity contribution in [2.45, 2.75) is 34.6 Å². The van der Waals surface area contributed by atoms with Crippen LogP contribution in [-0.2, 0) is 0 Å². The molecule has 0 aliphatic rings. The number of carbonyl (C=O) groups excluding carboxylic acids is 2. The minimum Gasteiger partial charge on any atom is -0.372 e. The third-order valence-electron chi connectivity index (χ3n) is 4.47. The van der Waals surface area contributed by atoms with E-state index in [0.29, 0.717) is 12.5 Å². The molecule has 0 fully saturated rings. The molecule has 2 rings (SSSR count). The van der Waals surface area contributed by atoms with Crippen molar-refractivity contribution in [3.8, 4) is 0 Å². The first-order chi connectivity index (χ1) is 13.3. The number of carbonyl (C=O) groups is 2. The number of aryl methyl sites for hydroxylation is 1. The highest BCUT2D eigenvalue weighted by molar-refractivity contribution is 6.04. The Kier molecular flexibility index (Phi) is 7.55. The summed E-state index contributed by atoms with van der Waals surface area (Å²) in [5.74, 6) is -0.266. The van der Waals surface area contributed by atoms with Crippen LogP contribution in [0.2, 0.25) is 0 Å². The van der Waals surface area contributed by atoms with Gasteiger partial charge < -0.3 is 15.5 Å². The van der Waals surface area contributed by atoms with E-state index < -0.39 is 0 Å². The average molecular weight is 383 g/mol. The zero-order valence-electron chi connectivity index (χ0n) is 17.4. The van der Waals surface area contributed by atoms with Crippen molar-refractivity contribution in [2.75, 3.05) is 29.9 Å². The molecule has 6 heteroatoms. The minimum absolute atomic E-state index is 0.212. The fourth-order valence-corrected chi connectivity index (χ4v) is 2.83. The molecule has 0 saturated carbocycles. The number of nitrogens with one attached hydrogen (secondary N) is 2. The molecule has 150 valence electrons. The molecular formula is C22H30N4O2. The van der Waals surface area contributed by atoms with Crippen molar-refractivity contribution < 1.29 is 9.59 Å². The van der Waals surface area contributed by atoms with E-state index in [9.17, 15) is 9.59 Å². The molecule has 0 aliphatic carbocycles. The van der Waals surface area contributed by atoms with Crippen molar-refractivity contribution in [3.05, 3.63) is 53.3 Å². The number of rotatable bonds is 8. The number of amides is 2. The molecule has 2 amide bonds. The van der Waals surface area contributed by atoms with E-state index in [1.54, 1.807) is 18.2 Å². The Morgan fingerprint density at radius 1 is 1.04 bits per heavy atom. The normalized spacial score (nSPS) is 10.6. The maximum atomic E-state index is 12.6. The number of hydrogen-bond acceptors (Lipinski definition) is 4. The molecule has 6 nitrogen and oxygen atoms in total. The van der Waals surface area contributed by atoms with Gasteiger partial charge in [0.2, 0.25) is 0 Å². The highest BCUT2D eigenvalue weighted by Crippen LogP contribution is 2.23.